The molecule has 0 aliphatic rings. The van der Waals surface area contributed by atoms with Crippen molar-refractivity contribution < 1.29 is 26.3 Å². The fourth-order valence-corrected chi connectivity index (χ4v) is 0.539. The highest BCUT2D eigenvalue weighted by Gasteiger charge is 2.49. The molecule has 0 spiro atoms. The number of halogens is 6. The van der Waals surface area contributed by atoms with E-state index in [-0.39, 0.29) is 0 Å². The van der Waals surface area contributed by atoms with Gasteiger partial charge in [-0.3, -0.25) is 0 Å². The fourth-order valence-electron chi connectivity index (χ4n) is 0.539. The van der Waals surface area contributed by atoms with E-state index >= 15 is 0 Å². The van der Waals surface area contributed by atoms with Crippen molar-refractivity contribution in [1.82, 2.24) is 0 Å². The molecular weight excluding hydrogens is 186 g/mol. The van der Waals surface area contributed by atoms with E-state index in [4.69, 9.17) is 0 Å². The second kappa shape index (κ2) is 3.37. The van der Waals surface area contributed by atoms with Crippen molar-refractivity contribution in [3.05, 3.63) is 11.9 Å². The summed E-state index contributed by atoms with van der Waals surface area (Å²) in [5, 5.41) is 0. The lowest BCUT2D eigenvalue weighted by molar-refractivity contribution is -0.131. The van der Waals surface area contributed by atoms with Gasteiger partial charge in [0.2, 0.25) is 0 Å². The van der Waals surface area contributed by atoms with Crippen LogP contribution in [0.1, 0.15) is 13.3 Å². The van der Waals surface area contributed by atoms with Crippen LogP contribution in [0.5, 0.6) is 0 Å². The molecule has 0 rings (SSSR count). The fraction of sp³-hybridized carbons (Fsp3) is 0.667. The van der Waals surface area contributed by atoms with Crippen molar-refractivity contribution >= 4 is 0 Å². The third-order valence-corrected chi connectivity index (χ3v) is 1.25. The van der Waals surface area contributed by atoms with Gasteiger partial charge in [0.1, 0.15) is 11.9 Å². The van der Waals surface area contributed by atoms with Crippen LogP contribution in [0.2, 0.25) is 0 Å². The van der Waals surface area contributed by atoms with Crippen LogP contribution in [0.15, 0.2) is 11.9 Å². The minimum atomic E-state index is -5.31. The standard InChI is InChI=1S/C6H6F6/c1-2-5(8,9)4(3-7)6(10,11)12/h3H,2H2,1H3. The van der Waals surface area contributed by atoms with E-state index in [2.05, 4.69) is 0 Å². The Labute approximate surface area is 64.9 Å². The summed E-state index contributed by atoms with van der Waals surface area (Å²) in [6.07, 6.45) is -7.49. The normalized spacial score (nSPS) is 15.1. The molecule has 0 N–H and O–H groups in total. The summed E-state index contributed by atoms with van der Waals surface area (Å²) in [6, 6.07) is 0. The van der Waals surface area contributed by atoms with E-state index in [0.717, 1.165) is 6.92 Å². The van der Waals surface area contributed by atoms with E-state index in [9.17, 15) is 26.3 Å². The highest BCUT2D eigenvalue weighted by molar-refractivity contribution is 5.15. The summed E-state index contributed by atoms with van der Waals surface area (Å²) in [4.78, 5) is 0. The van der Waals surface area contributed by atoms with Gasteiger partial charge in [-0.1, -0.05) is 6.92 Å². The lowest BCUT2D eigenvalue weighted by atomic mass is 10.1. The van der Waals surface area contributed by atoms with Crippen LogP contribution in [0.4, 0.5) is 26.3 Å². The molecule has 0 aromatic rings. The van der Waals surface area contributed by atoms with E-state index < -0.39 is 30.4 Å². The van der Waals surface area contributed by atoms with Gasteiger partial charge in [-0.25, -0.2) is 13.2 Å². The average Bonchev–Trinajstić information content (AvgIpc) is 1.85. The molecule has 0 radical (unpaired) electrons. The Bertz CT molecular complexity index is 177. The van der Waals surface area contributed by atoms with Crippen LogP contribution >= 0.6 is 0 Å². The SMILES string of the molecule is CCC(F)(F)C(=CF)C(F)(F)F. The number of alkyl halides is 5. The van der Waals surface area contributed by atoms with Crippen LogP contribution < -0.4 is 0 Å². The van der Waals surface area contributed by atoms with E-state index in [0.29, 0.717) is 0 Å². The van der Waals surface area contributed by atoms with Crippen molar-refractivity contribution in [1.29, 1.82) is 0 Å². The Morgan fingerprint density at radius 3 is 1.67 bits per heavy atom. The first kappa shape index (κ1) is 11.3. The lowest BCUT2D eigenvalue weighted by Crippen LogP contribution is -2.29. The third kappa shape index (κ3) is 2.42. The molecule has 0 aromatic heterocycles. The molecule has 0 bridgehead atoms. The Hall–Kier alpha value is -0.680. The van der Waals surface area contributed by atoms with Gasteiger partial charge in [-0.15, -0.1) is 0 Å². The molecule has 0 fully saturated rings. The average molecular weight is 192 g/mol. The van der Waals surface area contributed by atoms with Crippen LogP contribution in [0.25, 0.3) is 0 Å². The zero-order valence-electron chi connectivity index (χ0n) is 6.05. The van der Waals surface area contributed by atoms with Gasteiger partial charge < -0.3 is 0 Å². The lowest BCUT2D eigenvalue weighted by Gasteiger charge is -2.18. The molecular formula is C6H6F6. The first-order chi connectivity index (χ1) is 5.25. The van der Waals surface area contributed by atoms with Gasteiger partial charge in [0, 0.05) is 6.42 Å². The number of hydrogen-bond acceptors (Lipinski definition) is 0. The molecule has 0 saturated heterocycles. The zero-order valence-corrected chi connectivity index (χ0v) is 6.05. The minimum absolute atomic E-state index is 0.842. The summed E-state index contributed by atoms with van der Waals surface area (Å²) in [7, 11) is 0. The topological polar surface area (TPSA) is 0 Å². The summed E-state index contributed by atoms with van der Waals surface area (Å²) in [5.41, 5.74) is -2.43. The third-order valence-electron chi connectivity index (χ3n) is 1.25. The van der Waals surface area contributed by atoms with Gasteiger partial charge in [0.15, 0.2) is 0 Å². The summed E-state index contributed by atoms with van der Waals surface area (Å²) in [6.45, 7) is 0.842. The maximum atomic E-state index is 12.3. The van der Waals surface area contributed by atoms with Crippen molar-refractivity contribution in [2.45, 2.75) is 25.4 Å². The van der Waals surface area contributed by atoms with Crippen molar-refractivity contribution in [3.63, 3.8) is 0 Å². The molecule has 0 unspecified atom stereocenters. The Morgan fingerprint density at radius 1 is 1.17 bits per heavy atom. The van der Waals surface area contributed by atoms with Gasteiger partial charge >= 0.3 is 6.18 Å². The molecule has 0 aliphatic heterocycles. The molecule has 12 heavy (non-hydrogen) atoms. The number of rotatable bonds is 2. The van der Waals surface area contributed by atoms with Crippen LogP contribution in [0, 0.1) is 0 Å². The van der Waals surface area contributed by atoms with Crippen LogP contribution in [-0.2, 0) is 0 Å². The zero-order chi connectivity index (χ0) is 9.99. The molecule has 0 heterocycles. The minimum Gasteiger partial charge on any atom is -0.215 e. The van der Waals surface area contributed by atoms with E-state index in [1.807, 2.05) is 0 Å². The first-order valence-electron chi connectivity index (χ1n) is 3.01. The van der Waals surface area contributed by atoms with Gasteiger partial charge in [0.05, 0.1) is 0 Å². The van der Waals surface area contributed by atoms with Crippen LogP contribution in [-0.4, -0.2) is 12.1 Å². The van der Waals surface area contributed by atoms with E-state index in [1.54, 1.807) is 0 Å². The summed E-state index contributed by atoms with van der Waals surface area (Å²) >= 11 is 0. The molecule has 6 heteroatoms. The van der Waals surface area contributed by atoms with Gasteiger partial charge in [-0.2, -0.15) is 13.2 Å². The van der Waals surface area contributed by atoms with Gasteiger partial charge in [0.25, 0.3) is 5.92 Å². The smallest absolute Gasteiger partial charge is 0.215 e. The first-order valence-corrected chi connectivity index (χ1v) is 3.01. The van der Waals surface area contributed by atoms with Crippen molar-refractivity contribution in [2.75, 3.05) is 0 Å². The predicted octanol–water partition coefficient (Wildman–Crippen LogP) is 3.45. The number of allylic oxidation sites excluding steroid dienone is 1. The second-order valence-corrected chi connectivity index (χ2v) is 2.08. The van der Waals surface area contributed by atoms with Crippen molar-refractivity contribution in [2.24, 2.45) is 0 Å². The maximum Gasteiger partial charge on any atom is 0.420 e. The molecule has 0 saturated carbocycles. The Balaban J connectivity index is 4.84. The predicted molar refractivity (Wildman–Crippen MR) is 30.5 cm³/mol. The Morgan fingerprint density at radius 2 is 1.58 bits per heavy atom. The highest BCUT2D eigenvalue weighted by atomic mass is 19.4. The monoisotopic (exact) mass is 192 g/mol. The molecule has 0 aromatic carbocycles. The largest absolute Gasteiger partial charge is 0.420 e. The maximum absolute atomic E-state index is 12.3. The molecule has 0 nitrogen and oxygen atoms in total. The molecule has 72 valence electrons. The van der Waals surface area contributed by atoms with Crippen molar-refractivity contribution in [3.8, 4) is 0 Å². The summed E-state index contributed by atoms with van der Waals surface area (Å²) < 4.78 is 70.9. The summed E-state index contributed by atoms with van der Waals surface area (Å²) in [5.74, 6) is -4.15. The highest BCUT2D eigenvalue weighted by Crippen LogP contribution is 2.39. The number of hydrogen-bond donors (Lipinski definition) is 0. The Kier molecular flexibility index (Phi) is 3.17. The quantitative estimate of drug-likeness (QED) is 0.588. The second-order valence-electron chi connectivity index (χ2n) is 2.08. The van der Waals surface area contributed by atoms with Gasteiger partial charge in [-0.05, 0) is 0 Å². The molecule has 0 aliphatic carbocycles. The van der Waals surface area contributed by atoms with Crippen LogP contribution in [0.3, 0.4) is 0 Å². The molecule has 0 amide bonds. The molecule has 0 atom stereocenters. The van der Waals surface area contributed by atoms with E-state index in [1.165, 1.54) is 0 Å².